The fraction of sp³-hybridized carbons (Fsp3) is 0.296. The van der Waals surface area contributed by atoms with Crippen molar-refractivity contribution in [3.63, 3.8) is 0 Å². The van der Waals surface area contributed by atoms with Crippen LogP contribution < -0.4 is 4.72 Å². The van der Waals surface area contributed by atoms with E-state index in [1.165, 1.54) is 11.6 Å². The van der Waals surface area contributed by atoms with Gasteiger partial charge in [-0.1, -0.05) is 48.5 Å². The van der Waals surface area contributed by atoms with Crippen LogP contribution in [0.3, 0.4) is 0 Å². The highest BCUT2D eigenvalue weighted by Crippen LogP contribution is 2.25. The highest BCUT2D eigenvalue weighted by atomic mass is 32.2. The number of nitrogens with one attached hydrogen (secondary N) is 1. The zero-order valence-corrected chi connectivity index (χ0v) is 19.9. The maximum atomic E-state index is 13.3. The number of hydrogen-bond acceptors (Lipinski definition) is 3. The first-order valence-electron chi connectivity index (χ1n) is 11.4. The van der Waals surface area contributed by atoms with Gasteiger partial charge in [-0.25, -0.2) is 8.42 Å². The van der Waals surface area contributed by atoms with Crippen LogP contribution in [-0.4, -0.2) is 32.3 Å². The van der Waals surface area contributed by atoms with Gasteiger partial charge in [-0.3, -0.25) is 9.52 Å². The van der Waals surface area contributed by atoms with E-state index in [-0.39, 0.29) is 10.8 Å². The van der Waals surface area contributed by atoms with Crippen LogP contribution in [0.1, 0.15) is 39.9 Å². The SMILES string of the molecule is Cc1cccc(NS(=O)(=O)c2ccc(C)c(C(=O)N3CCC(Cc4ccccc4)CC3)c2)c1. The van der Waals surface area contributed by atoms with Crippen molar-refractivity contribution in [2.45, 2.75) is 38.0 Å². The Labute approximate surface area is 196 Å². The van der Waals surface area contributed by atoms with Gasteiger partial charge in [0.05, 0.1) is 4.90 Å². The maximum absolute atomic E-state index is 13.3. The lowest BCUT2D eigenvalue weighted by molar-refractivity contribution is 0.0689. The largest absolute Gasteiger partial charge is 0.339 e. The lowest BCUT2D eigenvalue weighted by Gasteiger charge is -2.32. The van der Waals surface area contributed by atoms with E-state index in [4.69, 9.17) is 0 Å². The number of anilines is 1. The standard InChI is InChI=1S/C27H30N2O3S/c1-20-7-6-10-24(17-20)28-33(31,32)25-12-11-21(2)26(19-25)27(30)29-15-13-23(14-16-29)18-22-8-4-3-5-9-22/h3-12,17,19,23,28H,13-16,18H2,1-2H3. The van der Waals surface area contributed by atoms with E-state index in [1.807, 2.05) is 30.9 Å². The van der Waals surface area contributed by atoms with Gasteiger partial charge in [0.15, 0.2) is 0 Å². The van der Waals surface area contributed by atoms with Crippen LogP contribution in [0.15, 0.2) is 77.7 Å². The summed E-state index contributed by atoms with van der Waals surface area (Å²) >= 11 is 0. The smallest absolute Gasteiger partial charge is 0.261 e. The number of sulfonamides is 1. The minimum absolute atomic E-state index is 0.0944. The Morgan fingerprint density at radius 2 is 1.67 bits per heavy atom. The van der Waals surface area contributed by atoms with E-state index < -0.39 is 10.0 Å². The van der Waals surface area contributed by atoms with Gasteiger partial charge in [-0.15, -0.1) is 0 Å². The fourth-order valence-corrected chi connectivity index (χ4v) is 5.45. The zero-order valence-electron chi connectivity index (χ0n) is 19.1. The number of amides is 1. The van der Waals surface area contributed by atoms with Crippen LogP contribution in [0.5, 0.6) is 0 Å². The maximum Gasteiger partial charge on any atom is 0.261 e. The zero-order chi connectivity index (χ0) is 23.4. The van der Waals surface area contributed by atoms with Crippen molar-refractivity contribution in [3.05, 3.63) is 95.1 Å². The molecule has 1 amide bonds. The number of aryl methyl sites for hydroxylation is 2. The molecule has 0 radical (unpaired) electrons. The van der Waals surface area contributed by atoms with Crippen LogP contribution in [0.4, 0.5) is 5.69 Å². The van der Waals surface area contributed by atoms with Gasteiger partial charge in [-0.05, 0) is 80.0 Å². The van der Waals surface area contributed by atoms with E-state index in [0.29, 0.717) is 30.3 Å². The molecule has 6 heteroatoms. The molecule has 3 aromatic carbocycles. The molecule has 1 fully saturated rings. The van der Waals surface area contributed by atoms with Gasteiger partial charge in [0.25, 0.3) is 15.9 Å². The van der Waals surface area contributed by atoms with Crippen LogP contribution in [0.25, 0.3) is 0 Å². The normalized spacial score (nSPS) is 14.8. The minimum atomic E-state index is -3.80. The Bertz CT molecular complexity index is 1230. The Morgan fingerprint density at radius 3 is 2.36 bits per heavy atom. The second-order valence-corrected chi connectivity index (χ2v) is 10.6. The van der Waals surface area contributed by atoms with Crippen molar-refractivity contribution >= 4 is 21.6 Å². The molecule has 0 atom stereocenters. The first-order valence-corrected chi connectivity index (χ1v) is 12.8. The molecule has 3 aromatic rings. The van der Waals surface area contributed by atoms with Gasteiger partial charge in [0, 0.05) is 24.3 Å². The third-order valence-electron chi connectivity index (χ3n) is 6.29. The van der Waals surface area contributed by atoms with Gasteiger partial charge in [-0.2, -0.15) is 0 Å². The molecule has 1 heterocycles. The average Bonchev–Trinajstić information content (AvgIpc) is 2.80. The van der Waals surface area contributed by atoms with Crippen molar-refractivity contribution in [3.8, 4) is 0 Å². The van der Waals surface area contributed by atoms with Gasteiger partial charge in [0.2, 0.25) is 0 Å². The highest BCUT2D eigenvalue weighted by molar-refractivity contribution is 7.92. The van der Waals surface area contributed by atoms with Gasteiger partial charge in [0.1, 0.15) is 0 Å². The van der Waals surface area contributed by atoms with Crippen LogP contribution in [-0.2, 0) is 16.4 Å². The molecule has 1 saturated heterocycles. The van der Waals surface area contributed by atoms with Crippen LogP contribution in [0, 0.1) is 19.8 Å². The molecule has 0 unspecified atom stereocenters. The fourth-order valence-electron chi connectivity index (χ4n) is 4.38. The number of carbonyl (C=O) groups excluding carboxylic acids is 1. The number of piperidine rings is 1. The van der Waals surface area contributed by atoms with Gasteiger partial charge < -0.3 is 4.90 Å². The molecule has 4 rings (SSSR count). The number of nitrogens with zero attached hydrogens (tertiary/aromatic N) is 1. The number of rotatable bonds is 6. The van der Waals surface area contributed by atoms with Crippen molar-refractivity contribution in [1.82, 2.24) is 4.90 Å². The van der Waals surface area contributed by atoms with E-state index in [0.717, 1.165) is 30.4 Å². The monoisotopic (exact) mass is 462 g/mol. The molecule has 172 valence electrons. The topological polar surface area (TPSA) is 66.5 Å². The van der Waals surface area contributed by atoms with Crippen molar-refractivity contribution in [2.24, 2.45) is 5.92 Å². The predicted molar refractivity (Wildman–Crippen MR) is 132 cm³/mol. The van der Waals surface area contributed by atoms with Crippen molar-refractivity contribution in [1.29, 1.82) is 0 Å². The predicted octanol–water partition coefficient (Wildman–Crippen LogP) is 5.20. The van der Waals surface area contributed by atoms with Crippen molar-refractivity contribution < 1.29 is 13.2 Å². The third-order valence-corrected chi connectivity index (χ3v) is 7.67. The quantitative estimate of drug-likeness (QED) is 0.548. The molecule has 5 nitrogen and oxygen atoms in total. The minimum Gasteiger partial charge on any atom is -0.339 e. The van der Waals surface area contributed by atoms with Crippen molar-refractivity contribution in [2.75, 3.05) is 17.8 Å². The second-order valence-electron chi connectivity index (χ2n) is 8.88. The summed E-state index contributed by atoms with van der Waals surface area (Å²) in [6, 6.07) is 22.4. The van der Waals surface area contributed by atoms with E-state index >= 15 is 0 Å². The lowest BCUT2D eigenvalue weighted by Crippen LogP contribution is -2.39. The molecule has 0 aromatic heterocycles. The molecule has 0 spiro atoms. The highest BCUT2D eigenvalue weighted by Gasteiger charge is 2.26. The molecule has 1 aliphatic heterocycles. The summed E-state index contributed by atoms with van der Waals surface area (Å²) < 4.78 is 28.5. The molecule has 0 bridgehead atoms. The Morgan fingerprint density at radius 1 is 0.939 bits per heavy atom. The number of carbonyl (C=O) groups is 1. The summed E-state index contributed by atoms with van der Waals surface area (Å²) in [5.41, 5.74) is 4.02. The molecule has 1 N–H and O–H groups in total. The summed E-state index contributed by atoms with van der Waals surface area (Å²) in [4.78, 5) is 15.2. The van der Waals surface area contributed by atoms with Crippen LogP contribution in [0.2, 0.25) is 0 Å². The number of hydrogen-bond donors (Lipinski definition) is 1. The first-order chi connectivity index (χ1) is 15.8. The van der Waals surface area contributed by atoms with E-state index in [2.05, 4.69) is 29.0 Å². The molecular weight excluding hydrogens is 432 g/mol. The van der Waals surface area contributed by atoms with Gasteiger partial charge >= 0.3 is 0 Å². The van der Waals surface area contributed by atoms with E-state index in [9.17, 15) is 13.2 Å². The third kappa shape index (κ3) is 5.63. The average molecular weight is 463 g/mol. The first kappa shape index (κ1) is 23.1. The molecule has 0 saturated carbocycles. The summed E-state index contributed by atoms with van der Waals surface area (Å²) in [5, 5.41) is 0. The summed E-state index contributed by atoms with van der Waals surface area (Å²) in [6.07, 6.45) is 2.93. The summed E-state index contributed by atoms with van der Waals surface area (Å²) in [5.74, 6) is 0.459. The number of likely N-dealkylation sites (tertiary alicyclic amines) is 1. The molecule has 33 heavy (non-hydrogen) atoms. The van der Waals surface area contributed by atoms with Crippen LogP contribution >= 0.6 is 0 Å². The Kier molecular flexibility index (Phi) is 6.84. The molecular formula is C27H30N2O3S. The number of benzene rings is 3. The van der Waals surface area contributed by atoms with E-state index in [1.54, 1.807) is 30.3 Å². The molecule has 1 aliphatic rings. The molecule has 0 aliphatic carbocycles. The lowest BCUT2D eigenvalue weighted by atomic mass is 9.90. The summed E-state index contributed by atoms with van der Waals surface area (Å²) in [6.45, 7) is 5.13. The summed E-state index contributed by atoms with van der Waals surface area (Å²) in [7, 11) is -3.80. The Hall–Kier alpha value is -3.12. The Balaban J connectivity index is 1.45. The second kappa shape index (κ2) is 9.79.